The van der Waals surface area contributed by atoms with Crippen molar-refractivity contribution in [3.63, 3.8) is 0 Å². The lowest BCUT2D eigenvalue weighted by Crippen LogP contribution is -2.32. The van der Waals surface area contributed by atoms with Gasteiger partial charge in [-0.3, -0.25) is 9.48 Å². The smallest absolute Gasteiger partial charge is 0.254 e. The summed E-state index contributed by atoms with van der Waals surface area (Å²) in [5, 5.41) is 6.57. The van der Waals surface area contributed by atoms with Crippen LogP contribution in [-0.2, 0) is 10.0 Å². The first kappa shape index (κ1) is 14.7. The standard InChI is InChI=1S/C10H18N4O3S/c1-8(2)14-7-9(6-13-14)10(15)12-4-5-18(16,17)11-3/h6-8,11H,4-5H2,1-3H3,(H,12,15). The Bertz CT molecular complexity index is 507. The van der Waals surface area contributed by atoms with E-state index in [1.165, 1.54) is 13.2 Å². The normalized spacial score (nSPS) is 11.8. The highest BCUT2D eigenvalue weighted by molar-refractivity contribution is 7.89. The van der Waals surface area contributed by atoms with Crippen LogP contribution in [0.1, 0.15) is 30.2 Å². The first-order chi connectivity index (χ1) is 8.35. The van der Waals surface area contributed by atoms with Gasteiger partial charge in [0, 0.05) is 18.8 Å². The summed E-state index contributed by atoms with van der Waals surface area (Å²) in [6.07, 6.45) is 3.09. The number of nitrogens with zero attached hydrogens (tertiary/aromatic N) is 2. The van der Waals surface area contributed by atoms with Gasteiger partial charge in [-0.1, -0.05) is 0 Å². The van der Waals surface area contributed by atoms with Gasteiger partial charge in [0.05, 0.1) is 17.5 Å². The second-order valence-electron chi connectivity index (χ2n) is 4.08. The zero-order valence-corrected chi connectivity index (χ0v) is 11.5. The lowest BCUT2D eigenvalue weighted by molar-refractivity contribution is 0.0956. The number of nitrogens with one attached hydrogen (secondary N) is 2. The van der Waals surface area contributed by atoms with Crippen molar-refractivity contribution in [1.29, 1.82) is 0 Å². The van der Waals surface area contributed by atoms with E-state index in [0.29, 0.717) is 5.56 Å². The van der Waals surface area contributed by atoms with Gasteiger partial charge < -0.3 is 5.32 Å². The zero-order valence-electron chi connectivity index (χ0n) is 10.7. The first-order valence-electron chi connectivity index (χ1n) is 5.59. The molecule has 7 nitrogen and oxygen atoms in total. The van der Waals surface area contributed by atoms with Gasteiger partial charge in [-0.05, 0) is 20.9 Å². The molecule has 0 aromatic carbocycles. The third kappa shape index (κ3) is 4.11. The van der Waals surface area contributed by atoms with E-state index in [9.17, 15) is 13.2 Å². The molecular formula is C10H18N4O3S. The molecule has 1 heterocycles. The zero-order chi connectivity index (χ0) is 13.8. The molecule has 0 aliphatic heterocycles. The van der Waals surface area contributed by atoms with Gasteiger partial charge in [-0.2, -0.15) is 5.10 Å². The maximum Gasteiger partial charge on any atom is 0.254 e. The molecule has 0 unspecified atom stereocenters. The Hall–Kier alpha value is -1.41. The fourth-order valence-corrected chi connectivity index (χ4v) is 1.82. The molecule has 1 aromatic heterocycles. The highest BCUT2D eigenvalue weighted by atomic mass is 32.2. The van der Waals surface area contributed by atoms with Crippen LogP contribution in [-0.4, -0.2) is 43.5 Å². The van der Waals surface area contributed by atoms with Gasteiger partial charge in [0.2, 0.25) is 10.0 Å². The topological polar surface area (TPSA) is 93.1 Å². The highest BCUT2D eigenvalue weighted by Gasteiger charge is 2.11. The van der Waals surface area contributed by atoms with Crippen LogP contribution >= 0.6 is 0 Å². The molecule has 0 spiro atoms. The van der Waals surface area contributed by atoms with Crippen molar-refractivity contribution in [1.82, 2.24) is 19.8 Å². The Balaban J connectivity index is 2.50. The molecule has 0 radical (unpaired) electrons. The number of rotatable bonds is 6. The third-order valence-electron chi connectivity index (χ3n) is 2.36. The average Bonchev–Trinajstić information content (AvgIpc) is 2.78. The van der Waals surface area contributed by atoms with Crippen LogP contribution in [0.15, 0.2) is 12.4 Å². The second-order valence-corrected chi connectivity index (χ2v) is 6.13. The number of aromatic nitrogens is 2. The summed E-state index contributed by atoms with van der Waals surface area (Å²) in [7, 11) is -1.95. The van der Waals surface area contributed by atoms with Crippen LogP contribution in [0.2, 0.25) is 0 Å². The molecule has 8 heteroatoms. The Kier molecular flexibility index (Phi) is 4.85. The van der Waals surface area contributed by atoms with Crippen molar-refractivity contribution in [2.24, 2.45) is 0 Å². The van der Waals surface area contributed by atoms with E-state index >= 15 is 0 Å². The van der Waals surface area contributed by atoms with Crippen LogP contribution in [0.3, 0.4) is 0 Å². The molecule has 0 saturated heterocycles. The fraction of sp³-hybridized carbons (Fsp3) is 0.600. The summed E-state index contributed by atoms with van der Waals surface area (Å²) in [6.45, 7) is 3.97. The Morgan fingerprint density at radius 2 is 2.17 bits per heavy atom. The summed E-state index contributed by atoms with van der Waals surface area (Å²) < 4.78 is 26.1. The van der Waals surface area contributed by atoms with E-state index in [0.717, 1.165) is 0 Å². The molecule has 1 aromatic rings. The van der Waals surface area contributed by atoms with E-state index < -0.39 is 10.0 Å². The van der Waals surface area contributed by atoms with Crippen molar-refractivity contribution in [2.45, 2.75) is 19.9 Å². The summed E-state index contributed by atoms with van der Waals surface area (Å²) in [6, 6.07) is 0.177. The predicted octanol–water partition coefficient (Wildman–Crippen LogP) is -0.257. The second kappa shape index (κ2) is 5.96. The molecule has 0 aliphatic carbocycles. The molecule has 2 N–H and O–H groups in total. The minimum Gasteiger partial charge on any atom is -0.351 e. The van der Waals surface area contributed by atoms with Gasteiger partial charge in [-0.15, -0.1) is 0 Å². The number of hydrogen-bond donors (Lipinski definition) is 2. The molecule has 0 fully saturated rings. The number of carbonyl (C=O) groups excluding carboxylic acids is 1. The summed E-state index contributed by atoms with van der Waals surface area (Å²) >= 11 is 0. The molecule has 0 atom stereocenters. The molecular weight excluding hydrogens is 256 g/mol. The molecule has 0 aliphatic rings. The van der Waals surface area contributed by atoms with Crippen molar-refractivity contribution in [3.8, 4) is 0 Å². The van der Waals surface area contributed by atoms with Crippen molar-refractivity contribution in [3.05, 3.63) is 18.0 Å². The summed E-state index contributed by atoms with van der Waals surface area (Å²) in [4.78, 5) is 11.7. The Morgan fingerprint density at radius 3 is 2.67 bits per heavy atom. The van der Waals surface area contributed by atoms with Crippen LogP contribution < -0.4 is 10.0 Å². The maximum atomic E-state index is 11.7. The molecule has 0 bridgehead atoms. The fourth-order valence-electron chi connectivity index (χ4n) is 1.24. The molecule has 102 valence electrons. The van der Waals surface area contributed by atoms with Crippen molar-refractivity contribution < 1.29 is 13.2 Å². The third-order valence-corrected chi connectivity index (χ3v) is 3.72. The number of carbonyl (C=O) groups is 1. The quantitative estimate of drug-likeness (QED) is 0.747. The first-order valence-corrected chi connectivity index (χ1v) is 7.24. The number of hydrogen-bond acceptors (Lipinski definition) is 4. The van der Waals surface area contributed by atoms with Crippen LogP contribution in [0.5, 0.6) is 0 Å². The van der Waals surface area contributed by atoms with Crippen molar-refractivity contribution in [2.75, 3.05) is 19.3 Å². The Labute approximate surface area is 107 Å². The van der Waals surface area contributed by atoms with E-state index in [2.05, 4.69) is 15.1 Å². The van der Waals surface area contributed by atoms with Crippen molar-refractivity contribution >= 4 is 15.9 Å². The predicted molar refractivity (Wildman–Crippen MR) is 67.8 cm³/mol. The maximum absolute atomic E-state index is 11.7. The van der Waals surface area contributed by atoms with Crippen LogP contribution in [0.25, 0.3) is 0 Å². The molecule has 0 saturated carbocycles. The van der Waals surface area contributed by atoms with Gasteiger partial charge >= 0.3 is 0 Å². The van der Waals surface area contributed by atoms with E-state index in [1.807, 2.05) is 13.8 Å². The van der Waals surface area contributed by atoms with E-state index in [-0.39, 0.29) is 24.2 Å². The largest absolute Gasteiger partial charge is 0.351 e. The van der Waals surface area contributed by atoms with Gasteiger partial charge in [0.15, 0.2) is 0 Å². The SMILES string of the molecule is CNS(=O)(=O)CCNC(=O)c1cnn(C(C)C)c1. The lowest BCUT2D eigenvalue weighted by Gasteiger charge is -2.04. The van der Waals surface area contributed by atoms with Crippen LogP contribution in [0.4, 0.5) is 0 Å². The van der Waals surface area contributed by atoms with Crippen LogP contribution in [0, 0.1) is 0 Å². The van der Waals surface area contributed by atoms with Gasteiger partial charge in [0.25, 0.3) is 5.91 Å². The highest BCUT2D eigenvalue weighted by Crippen LogP contribution is 2.04. The summed E-state index contributed by atoms with van der Waals surface area (Å²) in [5.41, 5.74) is 0.422. The number of sulfonamides is 1. The Morgan fingerprint density at radius 1 is 1.50 bits per heavy atom. The monoisotopic (exact) mass is 274 g/mol. The van der Waals surface area contributed by atoms with Gasteiger partial charge in [-0.25, -0.2) is 13.1 Å². The number of amides is 1. The average molecular weight is 274 g/mol. The molecule has 18 heavy (non-hydrogen) atoms. The lowest BCUT2D eigenvalue weighted by atomic mass is 10.3. The summed E-state index contributed by atoms with van der Waals surface area (Å²) in [5.74, 6) is -0.471. The molecule has 1 amide bonds. The molecule has 1 rings (SSSR count). The van der Waals surface area contributed by atoms with Gasteiger partial charge in [0.1, 0.15) is 0 Å². The minimum atomic E-state index is -3.29. The van der Waals surface area contributed by atoms with E-state index in [1.54, 1.807) is 10.9 Å². The minimum absolute atomic E-state index is 0.0644. The van der Waals surface area contributed by atoms with E-state index in [4.69, 9.17) is 0 Å².